The van der Waals surface area contributed by atoms with Gasteiger partial charge in [0.15, 0.2) is 0 Å². The highest BCUT2D eigenvalue weighted by atomic mass is 16.5. The van der Waals surface area contributed by atoms with Crippen LogP contribution in [0.2, 0.25) is 0 Å². The van der Waals surface area contributed by atoms with Crippen LogP contribution in [0.25, 0.3) is 0 Å². The molecule has 8 heteroatoms. The molecule has 0 bridgehead atoms. The maximum atomic E-state index is 11.6. The molecular weight excluding hydrogens is 340 g/mol. The smallest absolute Gasteiger partial charge is 0.407 e. The number of hydrogen-bond acceptors (Lipinski definition) is 5. The summed E-state index contributed by atoms with van der Waals surface area (Å²) >= 11 is 0. The van der Waals surface area contributed by atoms with Gasteiger partial charge >= 0.3 is 18.0 Å². The second kappa shape index (κ2) is 11.1. The fraction of sp³-hybridized carbons (Fsp3) is 0.500. The van der Waals surface area contributed by atoms with Crippen molar-refractivity contribution in [2.45, 2.75) is 45.4 Å². The zero-order valence-electron chi connectivity index (χ0n) is 15.0. The van der Waals surface area contributed by atoms with Crippen LogP contribution < -0.4 is 10.6 Å². The van der Waals surface area contributed by atoms with E-state index in [0.29, 0.717) is 6.42 Å². The van der Waals surface area contributed by atoms with E-state index in [1.807, 2.05) is 44.2 Å². The summed E-state index contributed by atoms with van der Waals surface area (Å²) in [7, 11) is 0. The van der Waals surface area contributed by atoms with E-state index >= 15 is 0 Å². The van der Waals surface area contributed by atoms with Crippen LogP contribution in [0, 0.1) is 5.92 Å². The van der Waals surface area contributed by atoms with Crippen LogP contribution in [-0.4, -0.2) is 46.9 Å². The Kier molecular flexibility index (Phi) is 9.14. The number of amides is 1. The Morgan fingerprint density at radius 2 is 1.65 bits per heavy atom. The molecule has 0 spiro atoms. The van der Waals surface area contributed by atoms with Crippen LogP contribution in [0.3, 0.4) is 0 Å². The fourth-order valence-corrected chi connectivity index (χ4v) is 2.33. The minimum atomic E-state index is -1.17. The molecule has 2 atom stereocenters. The highest BCUT2D eigenvalue weighted by molar-refractivity contribution is 5.77. The number of ether oxygens (including phenoxy) is 1. The highest BCUT2D eigenvalue weighted by Gasteiger charge is 2.26. The minimum Gasteiger partial charge on any atom is -0.480 e. The van der Waals surface area contributed by atoms with Gasteiger partial charge in [0, 0.05) is 6.54 Å². The Balaban J connectivity index is 2.41. The Labute approximate surface area is 152 Å². The monoisotopic (exact) mass is 366 g/mol. The number of hydrogen-bond donors (Lipinski definition) is 4. The quantitative estimate of drug-likeness (QED) is 0.471. The van der Waals surface area contributed by atoms with Gasteiger partial charge in [-0.2, -0.15) is 0 Å². The van der Waals surface area contributed by atoms with Crippen molar-refractivity contribution >= 4 is 18.0 Å². The third kappa shape index (κ3) is 8.48. The lowest BCUT2D eigenvalue weighted by Gasteiger charge is -2.21. The van der Waals surface area contributed by atoms with Gasteiger partial charge in [0.2, 0.25) is 0 Å². The number of alkyl carbamates (subject to hydrolysis) is 1. The summed E-state index contributed by atoms with van der Waals surface area (Å²) < 4.78 is 5.03. The Morgan fingerprint density at radius 3 is 2.19 bits per heavy atom. The molecule has 0 aliphatic heterocycles. The number of carboxylic acid groups (broad SMARTS) is 2. The predicted octanol–water partition coefficient (Wildman–Crippen LogP) is 1.84. The SMILES string of the molecule is CC(C)C[C@H](N[C@H](CCNC(=O)OCc1ccccc1)C(=O)O)C(=O)O. The second-order valence-corrected chi connectivity index (χ2v) is 6.36. The maximum absolute atomic E-state index is 11.6. The van der Waals surface area contributed by atoms with Crippen molar-refractivity contribution in [1.82, 2.24) is 10.6 Å². The van der Waals surface area contributed by atoms with E-state index in [-0.39, 0.29) is 25.5 Å². The van der Waals surface area contributed by atoms with Gasteiger partial charge in [-0.3, -0.25) is 14.9 Å². The molecule has 0 radical (unpaired) electrons. The zero-order valence-corrected chi connectivity index (χ0v) is 15.0. The molecule has 144 valence electrons. The summed E-state index contributed by atoms with van der Waals surface area (Å²) in [4.78, 5) is 34.2. The molecule has 0 aliphatic rings. The number of carbonyl (C=O) groups excluding carboxylic acids is 1. The number of benzene rings is 1. The normalized spacial score (nSPS) is 13.0. The van der Waals surface area contributed by atoms with Gasteiger partial charge in [0.05, 0.1) is 0 Å². The summed E-state index contributed by atoms with van der Waals surface area (Å²) in [5, 5.41) is 23.5. The minimum absolute atomic E-state index is 0.0393. The molecular formula is C18H26N2O6. The molecule has 4 N–H and O–H groups in total. The summed E-state index contributed by atoms with van der Waals surface area (Å²) in [6.07, 6.45) is -0.307. The standard InChI is InChI=1S/C18H26N2O6/c1-12(2)10-15(17(23)24)20-14(16(21)22)8-9-19-18(25)26-11-13-6-4-3-5-7-13/h3-7,12,14-15,20H,8-11H2,1-2H3,(H,19,25)(H,21,22)(H,23,24)/t14-,15+/m1/s1. The molecule has 26 heavy (non-hydrogen) atoms. The average Bonchev–Trinajstić information content (AvgIpc) is 2.58. The topological polar surface area (TPSA) is 125 Å². The lowest BCUT2D eigenvalue weighted by atomic mass is 10.0. The van der Waals surface area contributed by atoms with Crippen molar-refractivity contribution in [2.24, 2.45) is 5.92 Å². The van der Waals surface area contributed by atoms with Gasteiger partial charge < -0.3 is 20.3 Å². The summed E-state index contributed by atoms with van der Waals surface area (Å²) in [5.41, 5.74) is 0.839. The molecule has 0 fully saturated rings. The first-order valence-corrected chi connectivity index (χ1v) is 8.45. The lowest BCUT2D eigenvalue weighted by Crippen LogP contribution is -2.49. The summed E-state index contributed by atoms with van der Waals surface area (Å²) in [6, 6.07) is 7.11. The molecule has 0 saturated carbocycles. The first-order valence-electron chi connectivity index (χ1n) is 8.45. The van der Waals surface area contributed by atoms with Gasteiger partial charge in [0.25, 0.3) is 0 Å². The summed E-state index contributed by atoms with van der Waals surface area (Å²) in [6.45, 7) is 3.88. The molecule has 0 heterocycles. The van der Waals surface area contributed by atoms with Crippen LogP contribution >= 0.6 is 0 Å². The van der Waals surface area contributed by atoms with Crippen LogP contribution in [0.5, 0.6) is 0 Å². The molecule has 0 unspecified atom stereocenters. The Hall–Kier alpha value is -2.61. The molecule has 0 aromatic heterocycles. The van der Waals surface area contributed by atoms with Crippen LogP contribution in [0.4, 0.5) is 4.79 Å². The number of carboxylic acids is 2. The third-order valence-electron chi connectivity index (χ3n) is 3.62. The van der Waals surface area contributed by atoms with Crippen molar-refractivity contribution in [3.8, 4) is 0 Å². The Morgan fingerprint density at radius 1 is 1.04 bits per heavy atom. The van der Waals surface area contributed by atoms with E-state index in [1.165, 1.54) is 0 Å². The van der Waals surface area contributed by atoms with Crippen LogP contribution in [-0.2, 0) is 20.9 Å². The van der Waals surface area contributed by atoms with Crippen molar-refractivity contribution in [1.29, 1.82) is 0 Å². The molecule has 1 aromatic rings. The number of nitrogens with one attached hydrogen (secondary N) is 2. The number of carbonyl (C=O) groups is 3. The maximum Gasteiger partial charge on any atom is 0.407 e. The van der Waals surface area contributed by atoms with Gasteiger partial charge in [-0.25, -0.2) is 4.79 Å². The van der Waals surface area contributed by atoms with E-state index < -0.39 is 30.1 Å². The Bertz CT molecular complexity index is 591. The molecule has 1 amide bonds. The van der Waals surface area contributed by atoms with Crippen LogP contribution in [0.15, 0.2) is 30.3 Å². The molecule has 0 aliphatic carbocycles. The van der Waals surface area contributed by atoms with Crippen molar-refractivity contribution < 1.29 is 29.3 Å². The van der Waals surface area contributed by atoms with Crippen molar-refractivity contribution in [3.63, 3.8) is 0 Å². The zero-order chi connectivity index (χ0) is 19.5. The van der Waals surface area contributed by atoms with Gasteiger partial charge in [0.1, 0.15) is 18.7 Å². The first-order chi connectivity index (χ1) is 12.3. The lowest BCUT2D eigenvalue weighted by molar-refractivity contribution is -0.143. The first kappa shape index (κ1) is 21.4. The van der Waals surface area contributed by atoms with Crippen molar-refractivity contribution in [3.05, 3.63) is 35.9 Å². The predicted molar refractivity (Wildman–Crippen MR) is 94.7 cm³/mol. The van der Waals surface area contributed by atoms with Gasteiger partial charge in [-0.15, -0.1) is 0 Å². The van der Waals surface area contributed by atoms with Gasteiger partial charge in [-0.05, 0) is 24.3 Å². The van der Waals surface area contributed by atoms with E-state index in [0.717, 1.165) is 5.56 Å². The van der Waals surface area contributed by atoms with E-state index in [1.54, 1.807) is 0 Å². The number of aliphatic carboxylic acids is 2. The molecule has 1 rings (SSSR count). The van der Waals surface area contributed by atoms with Crippen LogP contribution in [0.1, 0.15) is 32.3 Å². The highest BCUT2D eigenvalue weighted by Crippen LogP contribution is 2.07. The molecule has 0 saturated heterocycles. The molecule has 8 nitrogen and oxygen atoms in total. The van der Waals surface area contributed by atoms with E-state index in [9.17, 15) is 24.6 Å². The largest absolute Gasteiger partial charge is 0.480 e. The van der Waals surface area contributed by atoms with E-state index in [4.69, 9.17) is 4.74 Å². The summed E-state index contributed by atoms with van der Waals surface area (Å²) in [5.74, 6) is -2.16. The third-order valence-corrected chi connectivity index (χ3v) is 3.62. The second-order valence-electron chi connectivity index (χ2n) is 6.36. The number of rotatable bonds is 11. The average molecular weight is 366 g/mol. The van der Waals surface area contributed by atoms with Gasteiger partial charge in [-0.1, -0.05) is 44.2 Å². The van der Waals surface area contributed by atoms with E-state index in [2.05, 4.69) is 10.6 Å². The molecule has 1 aromatic carbocycles. The van der Waals surface area contributed by atoms with Crippen molar-refractivity contribution in [2.75, 3.05) is 6.54 Å². The fourth-order valence-electron chi connectivity index (χ4n) is 2.33.